The second-order valence-electron chi connectivity index (χ2n) is 8.50. The Labute approximate surface area is 188 Å². The fourth-order valence-electron chi connectivity index (χ4n) is 5.14. The number of benzene rings is 2. The summed E-state index contributed by atoms with van der Waals surface area (Å²) in [6.45, 7) is 0.171. The SMILES string of the molecule is COC(=O)c1ccc2c3c([nH]c2c1)[C@@H](c1ccc2c(c1)OCO2)N1C(=O)CN(C)C(=O)C1C3. The highest BCUT2D eigenvalue weighted by atomic mass is 16.7. The van der Waals surface area contributed by atoms with Crippen LogP contribution in [-0.2, 0) is 20.7 Å². The summed E-state index contributed by atoms with van der Waals surface area (Å²) in [6, 6.07) is 9.77. The summed E-state index contributed by atoms with van der Waals surface area (Å²) in [6.07, 6.45) is 0.392. The van der Waals surface area contributed by atoms with E-state index in [2.05, 4.69) is 4.98 Å². The summed E-state index contributed by atoms with van der Waals surface area (Å²) in [7, 11) is 2.99. The molecule has 1 unspecified atom stereocenters. The van der Waals surface area contributed by atoms with Crippen molar-refractivity contribution in [2.75, 3.05) is 27.5 Å². The van der Waals surface area contributed by atoms with Crippen molar-refractivity contribution < 1.29 is 28.6 Å². The second-order valence-corrected chi connectivity index (χ2v) is 8.50. The highest BCUT2D eigenvalue weighted by molar-refractivity contribution is 5.99. The van der Waals surface area contributed by atoms with Crippen LogP contribution < -0.4 is 9.47 Å². The molecule has 2 amide bonds. The number of aromatic nitrogens is 1. The van der Waals surface area contributed by atoms with Crippen LogP contribution in [0.5, 0.6) is 11.5 Å². The Balaban J connectivity index is 1.56. The first-order valence-electron chi connectivity index (χ1n) is 10.6. The number of aromatic amines is 1. The Morgan fingerprint density at radius 3 is 2.76 bits per heavy atom. The summed E-state index contributed by atoms with van der Waals surface area (Å²) in [5.41, 5.74) is 3.78. The highest BCUT2D eigenvalue weighted by Gasteiger charge is 2.47. The van der Waals surface area contributed by atoms with Crippen molar-refractivity contribution in [2.45, 2.75) is 18.5 Å². The van der Waals surface area contributed by atoms with Crippen molar-refractivity contribution >= 4 is 28.7 Å². The molecule has 3 aromatic rings. The van der Waals surface area contributed by atoms with E-state index in [0.29, 0.717) is 23.5 Å². The third kappa shape index (κ3) is 2.81. The Morgan fingerprint density at radius 2 is 1.94 bits per heavy atom. The monoisotopic (exact) mass is 447 g/mol. The Bertz CT molecular complexity index is 1350. The molecule has 0 saturated carbocycles. The molecule has 168 valence electrons. The van der Waals surface area contributed by atoms with E-state index in [9.17, 15) is 14.4 Å². The van der Waals surface area contributed by atoms with E-state index >= 15 is 0 Å². The van der Waals surface area contributed by atoms with E-state index in [4.69, 9.17) is 14.2 Å². The van der Waals surface area contributed by atoms with Crippen LogP contribution >= 0.6 is 0 Å². The van der Waals surface area contributed by atoms with E-state index in [1.54, 1.807) is 24.1 Å². The van der Waals surface area contributed by atoms with Crippen LogP contribution in [0.3, 0.4) is 0 Å². The molecule has 3 aliphatic heterocycles. The molecule has 3 aliphatic rings. The molecule has 0 aliphatic carbocycles. The number of ether oxygens (including phenoxy) is 3. The van der Waals surface area contributed by atoms with E-state index in [-0.39, 0.29) is 25.2 Å². The summed E-state index contributed by atoms with van der Waals surface area (Å²) in [5, 5.41) is 0.913. The van der Waals surface area contributed by atoms with Gasteiger partial charge in [0.1, 0.15) is 6.04 Å². The van der Waals surface area contributed by atoms with Gasteiger partial charge in [-0.2, -0.15) is 0 Å². The molecule has 1 N–H and O–H groups in total. The number of nitrogens with one attached hydrogen (secondary N) is 1. The minimum atomic E-state index is -0.613. The maximum Gasteiger partial charge on any atom is 0.337 e. The van der Waals surface area contributed by atoms with Crippen LogP contribution in [0, 0.1) is 0 Å². The van der Waals surface area contributed by atoms with Crippen molar-refractivity contribution in [1.29, 1.82) is 0 Å². The van der Waals surface area contributed by atoms with Crippen LogP contribution in [0.15, 0.2) is 36.4 Å². The van der Waals surface area contributed by atoms with E-state index in [0.717, 1.165) is 27.7 Å². The average molecular weight is 447 g/mol. The van der Waals surface area contributed by atoms with Crippen LogP contribution in [-0.4, -0.2) is 66.1 Å². The maximum atomic E-state index is 13.2. The van der Waals surface area contributed by atoms with Gasteiger partial charge in [0.25, 0.3) is 0 Å². The van der Waals surface area contributed by atoms with E-state index in [1.165, 1.54) is 12.0 Å². The molecule has 9 nitrogen and oxygen atoms in total. The lowest BCUT2D eigenvalue weighted by Gasteiger charge is -2.46. The van der Waals surface area contributed by atoms with Gasteiger partial charge >= 0.3 is 5.97 Å². The third-order valence-corrected chi connectivity index (χ3v) is 6.68. The van der Waals surface area contributed by atoms with Crippen LogP contribution in [0.25, 0.3) is 10.9 Å². The highest BCUT2D eigenvalue weighted by Crippen LogP contribution is 2.44. The molecule has 4 heterocycles. The molecule has 1 saturated heterocycles. The number of hydrogen-bond donors (Lipinski definition) is 1. The molecule has 0 spiro atoms. The predicted molar refractivity (Wildman–Crippen MR) is 116 cm³/mol. The minimum Gasteiger partial charge on any atom is -0.465 e. The van der Waals surface area contributed by atoms with Crippen molar-refractivity contribution in [3.05, 3.63) is 58.8 Å². The van der Waals surface area contributed by atoms with E-state index in [1.807, 2.05) is 24.3 Å². The van der Waals surface area contributed by atoms with E-state index < -0.39 is 18.1 Å². The Kier molecular flexibility index (Phi) is 4.17. The molecule has 9 heteroatoms. The van der Waals surface area contributed by atoms with Gasteiger partial charge in [-0.15, -0.1) is 0 Å². The smallest absolute Gasteiger partial charge is 0.337 e. The van der Waals surface area contributed by atoms with Gasteiger partial charge in [0, 0.05) is 30.1 Å². The summed E-state index contributed by atoms with van der Waals surface area (Å²) < 4.78 is 15.9. The molecule has 6 rings (SSSR count). The Morgan fingerprint density at radius 1 is 1.12 bits per heavy atom. The van der Waals surface area contributed by atoms with Gasteiger partial charge in [-0.3, -0.25) is 9.59 Å². The minimum absolute atomic E-state index is 0.0262. The lowest BCUT2D eigenvalue weighted by atomic mass is 9.86. The second kappa shape index (κ2) is 6.99. The Hall–Kier alpha value is -4.01. The molecular formula is C24H21N3O6. The number of hydrogen-bond acceptors (Lipinski definition) is 6. The molecule has 33 heavy (non-hydrogen) atoms. The zero-order chi connectivity index (χ0) is 22.9. The number of nitrogens with zero attached hydrogens (tertiary/aromatic N) is 2. The standard InChI is InChI=1S/C24H21N3O6/c1-26-10-20(28)27-17(23(26)29)9-15-14-5-3-13(24(30)31-2)7-16(14)25-21(15)22(27)12-4-6-18-19(8-12)33-11-32-18/h3-8,17,22,25H,9-11H2,1-2H3/t17?,22-/m1/s1. The number of carbonyl (C=O) groups is 3. The normalized spacial score (nSPS) is 21.3. The average Bonchev–Trinajstić information content (AvgIpc) is 3.44. The number of H-pyrrole nitrogens is 1. The zero-order valence-corrected chi connectivity index (χ0v) is 18.1. The lowest BCUT2D eigenvalue weighted by molar-refractivity contribution is -0.157. The number of methoxy groups -OCH3 is 1. The first-order valence-corrected chi connectivity index (χ1v) is 10.6. The quantitative estimate of drug-likeness (QED) is 0.603. The van der Waals surface area contributed by atoms with Crippen LogP contribution in [0.2, 0.25) is 0 Å². The van der Waals surface area contributed by atoms with Crippen molar-refractivity contribution in [1.82, 2.24) is 14.8 Å². The molecule has 1 aromatic heterocycles. The van der Waals surface area contributed by atoms with Crippen molar-refractivity contribution in [3.8, 4) is 11.5 Å². The van der Waals surface area contributed by atoms with Gasteiger partial charge in [-0.1, -0.05) is 12.1 Å². The zero-order valence-electron chi connectivity index (χ0n) is 18.1. The molecule has 0 radical (unpaired) electrons. The van der Waals surface area contributed by atoms with Crippen molar-refractivity contribution in [2.24, 2.45) is 0 Å². The van der Waals surface area contributed by atoms with Gasteiger partial charge in [-0.05, 0) is 35.4 Å². The van der Waals surface area contributed by atoms with Crippen molar-refractivity contribution in [3.63, 3.8) is 0 Å². The van der Waals surface area contributed by atoms with Gasteiger partial charge in [0.15, 0.2) is 11.5 Å². The van der Waals surface area contributed by atoms with Gasteiger partial charge in [0.2, 0.25) is 18.6 Å². The summed E-state index contributed by atoms with van der Waals surface area (Å²) >= 11 is 0. The number of carbonyl (C=O) groups excluding carboxylic acids is 3. The molecule has 2 aromatic carbocycles. The number of likely N-dealkylation sites (N-methyl/N-ethyl adjacent to an activating group) is 1. The maximum absolute atomic E-state index is 13.2. The van der Waals surface area contributed by atoms with Gasteiger partial charge in [0.05, 0.1) is 25.3 Å². The number of rotatable bonds is 2. The first-order chi connectivity index (χ1) is 16.0. The predicted octanol–water partition coefficient (Wildman–Crippen LogP) is 2.00. The first kappa shape index (κ1) is 19.7. The summed E-state index contributed by atoms with van der Waals surface area (Å²) in [4.78, 5) is 45.0. The van der Waals surface area contributed by atoms with Crippen LogP contribution in [0.1, 0.15) is 33.2 Å². The number of esters is 1. The molecule has 1 fully saturated rings. The fourth-order valence-corrected chi connectivity index (χ4v) is 5.14. The largest absolute Gasteiger partial charge is 0.465 e. The van der Waals surface area contributed by atoms with Gasteiger partial charge < -0.3 is 29.0 Å². The number of amides is 2. The lowest BCUT2D eigenvalue weighted by Crippen LogP contribution is -2.62. The fraction of sp³-hybridized carbons (Fsp3) is 0.292. The number of piperazine rings is 1. The topological polar surface area (TPSA) is 101 Å². The molecular weight excluding hydrogens is 426 g/mol. The van der Waals surface area contributed by atoms with Gasteiger partial charge in [-0.25, -0.2) is 4.79 Å². The molecule has 0 bridgehead atoms. The number of fused-ring (bicyclic) bond motifs is 5. The van der Waals surface area contributed by atoms with Crippen LogP contribution in [0.4, 0.5) is 0 Å². The molecule has 2 atom stereocenters. The third-order valence-electron chi connectivity index (χ3n) is 6.68. The summed E-state index contributed by atoms with van der Waals surface area (Å²) in [5.74, 6) is 0.608.